The largest absolute Gasteiger partial charge is 0.295 e. The molecule has 1 heterocycles. The standard InChI is InChI=1S/C36H38N2/c1-6-7-23-36(4,5)34-33(31-20-14-15-26(2)24-31)37-35(29-18-12-9-13-19-29)38(34)32-22-21-30(25-27(32)3)28-16-10-8-11-17-28/h8-22,24-25H,6-7,23H2,1-5H3. The van der Waals surface area contributed by atoms with E-state index in [1.54, 1.807) is 0 Å². The molecule has 38 heavy (non-hydrogen) atoms. The minimum absolute atomic E-state index is 0.0698. The maximum Gasteiger partial charge on any atom is 0.145 e. The van der Waals surface area contributed by atoms with Crippen molar-refractivity contribution in [2.75, 3.05) is 0 Å². The first-order valence-corrected chi connectivity index (χ1v) is 13.8. The summed E-state index contributed by atoms with van der Waals surface area (Å²) in [7, 11) is 0. The third kappa shape index (κ3) is 5.09. The molecule has 0 radical (unpaired) electrons. The molecule has 2 heteroatoms. The summed E-state index contributed by atoms with van der Waals surface area (Å²) in [5, 5.41) is 0. The highest BCUT2D eigenvalue weighted by atomic mass is 15.1. The lowest BCUT2D eigenvalue weighted by atomic mass is 9.81. The third-order valence-electron chi connectivity index (χ3n) is 7.54. The zero-order valence-corrected chi connectivity index (χ0v) is 23.3. The summed E-state index contributed by atoms with van der Waals surface area (Å²) in [5.74, 6) is 0.997. The minimum atomic E-state index is -0.0698. The number of aromatic nitrogens is 2. The molecule has 192 valence electrons. The predicted octanol–water partition coefficient (Wildman–Crippen LogP) is 9.96. The first-order chi connectivity index (χ1) is 18.4. The topological polar surface area (TPSA) is 17.8 Å². The SMILES string of the molecule is CCCCC(C)(C)c1c(-c2cccc(C)c2)nc(-c2ccccc2)n1-c1ccc(-c2ccccc2)cc1C. The van der Waals surface area contributed by atoms with Gasteiger partial charge in [-0.25, -0.2) is 4.98 Å². The van der Waals surface area contributed by atoms with Crippen LogP contribution in [0.3, 0.4) is 0 Å². The summed E-state index contributed by atoms with van der Waals surface area (Å²) in [5.41, 5.74) is 10.8. The van der Waals surface area contributed by atoms with E-state index in [1.165, 1.54) is 52.0 Å². The highest BCUT2D eigenvalue weighted by Gasteiger charge is 2.32. The van der Waals surface area contributed by atoms with Gasteiger partial charge in [0.15, 0.2) is 0 Å². The summed E-state index contributed by atoms with van der Waals surface area (Å²) in [6.07, 6.45) is 3.45. The van der Waals surface area contributed by atoms with Crippen LogP contribution in [0.15, 0.2) is 103 Å². The Bertz CT molecular complexity index is 1520. The van der Waals surface area contributed by atoms with Gasteiger partial charge in [-0.1, -0.05) is 124 Å². The van der Waals surface area contributed by atoms with Crippen molar-refractivity contribution < 1.29 is 0 Å². The molecule has 2 nitrogen and oxygen atoms in total. The van der Waals surface area contributed by atoms with Crippen LogP contribution in [0.25, 0.3) is 39.5 Å². The maximum atomic E-state index is 5.43. The van der Waals surface area contributed by atoms with Crippen molar-refractivity contribution in [2.45, 2.75) is 59.3 Å². The van der Waals surface area contributed by atoms with Crippen molar-refractivity contribution in [3.63, 3.8) is 0 Å². The average molecular weight is 499 g/mol. The summed E-state index contributed by atoms with van der Waals surface area (Å²) < 4.78 is 2.45. The number of hydrogen-bond acceptors (Lipinski definition) is 1. The van der Waals surface area contributed by atoms with Gasteiger partial charge in [0.1, 0.15) is 5.82 Å². The van der Waals surface area contributed by atoms with Gasteiger partial charge in [0.25, 0.3) is 0 Å². The maximum absolute atomic E-state index is 5.43. The number of unbranched alkanes of at least 4 members (excludes halogenated alkanes) is 1. The molecule has 0 fully saturated rings. The molecule has 0 atom stereocenters. The van der Waals surface area contributed by atoms with Crippen LogP contribution in [0.4, 0.5) is 0 Å². The van der Waals surface area contributed by atoms with E-state index in [0.29, 0.717) is 0 Å². The molecule has 5 aromatic rings. The van der Waals surface area contributed by atoms with Crippen LogP contribution in [-0.4, -0.2) is 9.55 Å². The van der Waals surface area contributed by atoms with Gasteiger partial charge in [-0.15, -0.1) is 0 Å². The number of aryl methyl sites for hydroxylation is 2. The Hall–Kier alpha value is -3.91. The van der Waals surface area contributed by atoms with Gasteiger partial charge in [0, 0.05) is 16.5 Å². The second-order valence-electron chi connectivity index (χ2n) is 11.1. The molecule has 0 aliphatic carbocycles. The lowest BCUT2D eigenvalue weighted by molar-refractivity contribution is 0.441. The normalized spacial score (nSPS) is 11.6. The number of rotatable bonds is 8. The van der Waals surface area contributed by atoms with E-state index in [2.05, 4.69) is 142 Å². The van der Waals surface area contributed by atoms with E-state index in [9.17, 15) is 0 Å². The summed E-state index contributed by atoms with van der Waals surface area (Å²) in [4.78, 5) is 5.43. The Morgan fingerprint density at radius 1 is 0.684 bits per heavy atom. The summed E-state index contributed by atoms with van der Waals surface area (Å²) in [6, 6.07) is 36.9. The molecule has 0 aliphatic heterocycles. The van der Waals surface area contributed by atoms with Gasteiger partial charge in [0.05, 0.1) is 17.1 Å². The number of benzene rings is 4. The highest BCUT2D eigenvalue weighted by molar-refractivity contribution is 5.74. The summed E-state index contributed by atoms with van der Waals surface area (Å²) >= 11 is 0. The molecule has 0 N–H and O–H groups in total. The Morgan fingerprint density at radius 3 is 1.97 bits per heavy atom. The molecule has 0 saturated carbocycles. The van der Waals surface area contributed by atoms with E-state index >= 15 is 0 Å². The lowest BCUT2D eigenvalue weighted by Crippen LogP contribution is -2.23. The van der Waals surface area contributed by atoms with Crippen LogP contribution < -0.4 is 0 Å². The van der Waals surface area contributed by atoms with E-state index < -0.39 is 0 Å². The fourth-order valence-electron chi connectivity index (χ4n) is 5.51. The monoisotopic (exact) mass is 498 g/mol. The molecule has 0 aliphatic rings. The van der Waals surface area contributed by atoms with Gasteiger partial charge >= 0.3 is 0 Å². The number of imidazole rings is 1. The lowest BCUT2D eigenvalue weighted by Gasteiger charge is -2.29. The van der Waals surface area contributed by atoms with Crippen LogP contribution in [0, 0.1) is 13.8 Å². The third-order valence-corrected chi connectivity index (χ3v) is 7.54. The van der Waals surface area contributed by atoms with Crippen LogP contribution in [0.5, 0.6) is 0 Å². The highest BCUT2D eigenvalue weighted by Crippen LogP contribution is 2.42. The number of nitrogens with zero attached hydrogens (tertiary/aromatic N) is 2. The van der Waals surface area contributed by atoms with Gasteiger partial charge in [-0.2, -0.15) is 0 Å². The van der Waals surface area contributed by atoms with Crippen LogP contribution in [0.2, 0.25) is 0 Å². The zero-order chi connectivity index (χ0) is 26.7. The first-order valence-electron chi connectivity index (χ1n) is 13.8. The first kappa shape index (κ1) is 25.7. The molecular weight excluding hydrogens is 460 g/mol. The van der Waals surface area contributed by atoms with E-state index in [-0.39, 0.29) is 5.41 Å². The van der Waals surface area contributed by atoms with Crippen molar-refractivity contribution in [1.82, 2.24) is 9.55 Å². The van der Waals surface area contributed by atoms with Gasteiger partial charge < -0.3 is 0 Å². The Kier molecular flexibility index (Phi) is 7.33. The molecule has 4 aromatic carbocycles. The Morgan fingerprint density at radius 2 is 1.34 bits per heavy atom. The van der Waals surface area contributed by atoms with Crippen molar-refractivity contribution in [3.8, 4) is 39.5 Å². The van der Waals surface area contributed by atoms with Crippen LogP contribution in [0.1, 0.15) is 56.9 Å². The second kappa shape index (κ2) is 10.8. The Balaban J connectivity index is 1.81. The smallest absolute Gasteiger partial charge is 0.145 e. The Labute approximate surface area is 228 Å². The fraction of sp³-hybridized carbons (Fsp3) is 0.250. The minimum Gasteiger partial charge on any atom is -0.295 e. The molecule has 0 amide bonds. The van der Waals surface area contributed by atoms with Crippen LogP contribution in [-0.2, 0) is 5.41 Å². The zero-order valence-electron chi connectivity index (χ0n) is 23.3. The average Bonchev–Trinajstić information content (AvgIpc) is 3.34. The predicted molar refractivity (Wildman–Crippen MR) is 162 cm³/mol. The van der Waals surface area contributed by atoms with Crippen molar-refractivity contribution >= 4 is 0 Å². The van der Waals surface area contributed by atoms with Gasteiger partial charge in [0.2, 0.25) is 0 Å². The molecule has 0 unspecified atom stereocenters. The van der Waals surface area contributed by atoms with E-state index in [4.69, 9.17) is 4.98 Å². The quantitative estimate of drug-likeness (QED) is 0.208. The van der Waals surface area contributed by atoms with Crippen molar-refractivity contribution in [2.24, 2.45) is 0 Å². The molecule has 0 bridgehead atoms. The molecule has 1 aromatic heterocycles. The molecular formula is C36H38N2. The molecule has 0 saturated heterocycles. The van der Waals surface area contributed by atoms with E-state index in [1.807, 2.05) is 0 Å². The van der Waals surface area contributed by atoms with Crippen molar-refractivity contribution in [1.29, 1.82) is 0 Å². The van der Waals surface area contributed by atoms with Gasteiger partial charge in [-0.3, -0.25) is 4.57 Å². The van der Waals surface area contributed by atoms with Crippen LogP contribution >= 0.6 is 0 Å². The summed E-state index contributed by atoms with van der Waals surface area (Å²) in [6.45, 7) is 11.4. The second-order valence-corrected chi connectivity index (χ2v) is 11.1. The van der Waals surface area contributed by atoms with Crippen molar-refractivity contribution in [3.05, 3.63) is 120 Å². The molecule has 5 rings (SSSR count). The number of hydrogen-bond donors (Lipinski definition) is 0. The molecule has 0 spiro atoms. The van der Waals surface area contributed by atoms with Gasteiger partial charge in [-0.05, 0) is 55.2 Å². The fourth-order valence-corrected chi connectivity index (χ4v) is 5.51. The van der Waals surface area contributed by atoms with E-state index in [0.717, 1.165) is 23.5 Å².